The fourth-order valence-electron chi connectivity index (χ4n) is 3.85. The Hall–Kier alpha value is -2.38. The third-order valence-electron chi connectivity index (χ3n) is 5.60. The zero-order valence-corrected chi connectivity index (χ0v) is 18.7. The number of carbonyl (C=O) groups excluding carboxylic acids is 1. The van der Waals surface area contributed by atoms with Gasteiger partial charge in [-0.1, -0.05) is 38.5 Å². The first-order valence-corrected chi connectivity index (χ1v) is 12.0. The monoisotopic (exact) mass is 430 g/mol. The van der Waals surface area contributed by atoms with Crippen LogP contribution in [-0.4, -0.2) is 38.8 Å². The topological polar surface area (TPSA) is 75.7 Å². The highest BCUT2D eigenvalue weighted by Crippen LogP contribution is 2.30. The third-order valence-corrected chi connectivity index (χ3v) is 7.52. The van der Waals surface area contributed by atoms with E-state index in [0.717, 1.165) is 48.9 Å². The van der Waals surface area contributed by atoms with E-state index in [1.54, 1.807) is 12.1 Å². The molecule has 1 aliphatic heterocycles. The zero-order chi connectivity index (χ0) is 21.7. The predicted octanol–water partition coefficient (Wildman–Crippen LogP) is 4.25. The number of amides is 1. The summed E-state index contributed by atoms with van der Waals surface area (Å²) < 4.78 is 33.2. The second-order valence-electron chi connectivity index (χ2n) is 7.44. The van der Waals surface area contributed by atoms with Crippen LogP contribution in [0.4, 0.5) is 5.69 Å². The van der Waals surface area contributed by atoms with Crippen LogP contribution in [0.15, 0.2) is 41.3 Å². The van der Waals surface area contributed by atoms with Crippen molar-refractivity contribution < 1.29 is 17.9 Å². The predicted molar refractivity (Wildman–Crippen MR) is 119 cm³/mol. The zero-order valence-electron chi connectivity index (χ0n) is 17.9. The van der Waals surface area contributed by atoms with E-state index in [4.69, 9.17) is 4.74 Å². The van der Waals surface area contributed by atoms with Gasteiger partial charge in [0.2, 0.25) is 10.0 Å². The van der Waals surface area contributed by atoms with Gasteiger partial charge in [0, 0.05) is 24.3 Å². The number of nitrogens with one attached hydrogen (secondary N) is 1. The van der Waals surface area contributed by atoms with Crippen LogP contribution in [0, 0.1) is 0 Å². The summed E-state index contributed by atoms with van der Waals surface area (Å²) in [5.41, 5.74) is 3.21. The van der Waals surface area contributed by atoms with Crippen molar-refractivity contribution in [2.75, 3.05) is 25.5 Å². The molecule has 7 heteroatoms. The summed E-state index contributed by atoms with van der Waals surface area (Å²) in [5, 5.41) is 3.00. The molecular formula is C23H30N2O4S. The largest absolute Gasteiger partial charge is 0.495 e. The number of para-hydroxylation sites is 1. The molecule has 0 spiro atoms. The summed E-state index contributed by atoms with van der Waals surface area (Å²) in [6.45, 7) is 5.07. The van der Waals surface area contributed by atoms with E-state index in [2.05, 4.69) is 5.32 Å². The van der Waals surface area contributed by atoms with E-state index in [1.165, 1.54) is 17.5 Å². The molecule has 1 fully saturated rings. The van der Waals surface area contributed by atoms with Crippen LogP contribution in [0.2, 0.25) is 0 Å². The lowest BCUT2D eigenvalue weighted by Gasteiger charge is -2.26. The van der Waals surface area contributed by atoms with Crippen LogP contribution in [0.5, 0.6) is 5.75 Å². The molecule has 1 aliphatic rings. The maximum absolute atomic E-state index is 13.2. The maximum atomic E-state index is 13.2. The summed E-state index contributed by atoms with van der Waals surface area (Å²) >= 11 is 0. The molecule has 0 aromatic heterocycles. The van der Waals surface area contributed by atoms with Gasteiger partial charge in [-0.2, -0.15) is 4.31 Å². The van der Waals surface area contributed by atoms with Crippen LogP contribution in [0.3, 0.4) is 0 Å². The standard InChI is InChI=1S/C23H30N2O4S/c1-4-17-10-9-11-18(5-2)22(17)24-23(26)19-12-13-20(29-3)21(16-19)30(27,28)25-14-7-6-8-15-25/h9-13,16H,4-8,14-15H2,1-3H3,(H,24,26). The van der Waals surface area contributed by atoms with Gasteiger partial charge in [0.1, 0.15) is 10.6 Å². The molecule has 0 bridgehead atoms. The molecule has 0 atom stereocenters. The number of anilines is 1. The van der Waals surface area contributed by atoms with E-state index in [0.29, 0.717) is 18.7 Å². The minimum atomic E-state index is -3.73. The van der Waals surface area contributed by atoms with Crippen LogP contribution in [0.1, 0.15) is 54.6 Å². The van der Waals surface area contributed by atoms with Crippen molar-refractivity contribution in [1.29, 1.82) is 0 Å². The Bertz CT molecular complexity index is 990. The van der Waals surface area contributed by atoms with E-state index in [9.17, 15) is 13.2 Å². The molecule has 1 N–H and O–H groups in total. The van der Waals surface area contributed by atoms with Gasteiger partial charge in [-0.3, -0.25) is 4.79 Å². The molecule has 2 aromatic rings. The molecule has 3 rings (SSSR count). The number of rotatable bonds is 7. The molecule has 0 unspecified atom stereocenters. The summed E-state index contributed by atoms with van der Waals surface area (Å²) in [5.74, 6) is -0.0799. The Balaban J connectivity index is 1.96. The fraction of sp³-hybridized carbons (Fsp3) is 0.435. The van der Waals surface area contributed by atoms with Crippen molar-refractivity contribution in [3.05, 3.63) is 53.1 Å². The molecule has 0 radical (unpaired) electrons. The van der Waals surface area contributed by atoms with Gasteiger partial charge in [-0.05, 0) is 55.0 Å². The van der Waals surface area contributed by atoms with Gasteiger partial charge in [0.25, 0.3) is 5.91 Å². The number of sulfonamides is 1. The molecular weight excluding hydrogens is 400 g/mol. The second kappa shape index (κ2) is 9.62. The van der Waals surface area contributed by atoms with Crippen molar-refractivity contribution >= 4 is 21.6 Å². The van der Waals surface area contributed by atoms with Crippen molar-refractivity contribution in [3.8, 4) is 5.75 Å². The van der Waals surface area contributed by atoms with Crippen molar-refractivity contribution in [2.45, 2.75) is 50.8 Å². The highest BCUT2D eigenvalue weighted by atomic mass is 32.2. The Morgan fingerprint density at radius 1 is 1.03 bits per heavy atom. The molecule has 0 saturated carbocycles. The summed E-state index contributed by atoms with van der Waals surface area (Å²) in [4.78, 5) is 13.1. The smallest absolute Gasteiger partial charge is 0.255 e. The molecule has 162 valence electrons. The van der Waals surface area contributed by atoms with E-state index in [-0.39, 0.29) is 16.6 Å². The molecule has 1 heterocycles. The van der Waals surface area contributed by atoms with Gasteiger partial charge in [-0.15, -0.1) is 0 Å². The lowest BCUT2D eigenvalue weighted by atomic mass is 10.0. The number of aryl methyl sites for hydroxylation is 2. The maximum Gasteiger partial charge on any atom is 0.255 e. The number of nitrogens with zero attached hydrogens (tertiary/aromatic N) is 1. The van der Waals surface area contributed by atoms with Gasteiger partial charge < -0.3 is 10.1 Å². The highest BCUT2D eigenvalue weighted by Gasteiger charge is 2.29. The quantitative estimate of drug-likeness (QED) is 0.713. The van der Waals surface area contributed by atoms with Crippen LogP contribution in [0.25, 0.3) is 0 Å². The van der Waals surface area contributed by atoms with Gasteiger partial charge in [0.15, 0.2) is 0 Å². The number of carbonyl (C=O) groups is 1. The van der Waals surface area contributed by atoms with Crippen LogP contribution < -0.4 is 10.1 Å². The van der Waals surface area contributed by atoms with Crippen molar-refractivity contribution in [1.82, 2.24) is 4.31 Å². The summed E-state index contributed by atoms with van der Waals surface area (Å²) in [7, 11) is -2.29. The number of hydrogen-bond donors (Lipinski definition) is 1. The summed E-state index contributed by atoms with van der Waals surface area (Å²) in [6.07, 6.45) is 4.30. The highest BCUT2D eigenvalue weighted by molar-refractivity contribution is 7.89. The first kappa shape index (κ1) is 22.3. The minimum absolute atomic E-state index is 0.0408. The summed E-state index contributed by atoms with van der Waals surface area (Å²) in [6, 6.07) is 10.6. The van der Waals surface area contributed by atoms with Gasteiger partial charge in [-0.25, -0.2) is 8.42 Å². The number of piperidine rings is 1. The Morgan fingerprint density at radius 3 is 2.23 bits per heavy atom. The number of methoxy groups -OCH3 is 1. The molecule has 1 amide bonds. The van der Waals surface area contributed by atoms with Crippen LogP contribution in [-0.2, 0) is 22.9 Å². The molecule has 30 heavy (non-hydrogen) atoms. The Morgan fingerprint density at radius 2 is 1.67 bits per heavy atom. The minimum Gasteiger partial charge on any atom is -0.495 e. The van der Waals surface area contributed by atoms with Crippen molar-refractivity contribution in [3.63, 3.8) is 0 Å². The normalized spacial score (nSPS) is 15.0. The van der Waals surface area contributed by atoms with E-state index >= 15 is 0 Å². The third kappa shape index (κ3) is 4.52. The molecule has 0 aliphatic carbocycles. The number of hydrogen-bond acceptors (Lipinski definition) is 4. The lowest BCUT2D eigenvalue weighted by molar-refractivity contribution is 0.102. The first-order chi connectivity index (χ1) is 14.4. The lowest BCUT2D eigenvalue weighted by Crippen LogP contribution is -2.35. The molecule has 2 aromatic carbocycles. The van der Waals surface area contributed by atoms with Gasteiger partial charge >= 0.3 is 0 Å². The number of benzene rings is 2. The van der Waals surface area contributed by atoms with E-state index < -0.39 is 10.0 Å². The average molecular weight is 431 g/mol. The van der Waals surface area contributed by atoms with Crippen molar-refractivity contribution in [2.24, 2.45) is 0 Å². The van der Waals surface area contributed by atoms with Crippen LogP contribution >= 0.6 is 0 Å². The first-order valence-electron chi connectivity index (χ1n) is 10.5. The Kier molecular flexibility index (Phi) is 7.15. The Labute approximate surface area is 179 Å². The molecule has 1 saturated heterocycles. The molecule has 6 nitrogen and oxygen atoms in total. The SMILES string of the molecule is CCc1cccc(CC)c1NC(=O)c1ccc(OC)c(S(=O)(=O)N2CCCCC2)c1. The average Bonchev–Trinajstić information content (AvgIpc) is 2.79. The number of ether oxygens (including phenoxy) is 1. The van der Waals surface area contributed by atoms with E-state index in [1.807, 2.05) is 32.0 Å². The fourth-order valence-corrected chi connectivity index (χ4v) is 5.55. The van der Waals surface area contributed by atoms with Gasteiger partial charge in [0.05, 0.1) is 7.11 Å². The second-order valence-corrected chi connectivity index (χ2v) is 9.35.